The molecule has 1 heterocycles. The topological polar surface area (TPSA) is 80.9 Å². The summed E-state index contributed by atoms with van der Waals surface area (Å²) < 4.78 is 13.2. The second-order valence-corrected chi connectivity index (χ2v) is 9.53. The largest absolute Gasteiger partial charge is 0.496 e. The van der Waals surface area contributed by atoms with Crippen molar-refractivity contribution in [2.45, 2.75) is 45.3 Å². The van der Waals surface area contributed by atoms with Crippen molar-refractivity contribution >= 4 is 16.9 Å². The van der Waals surface area contributed by atoms with Crippen LogP contribution in [0.2, 0.25) is 0 Å². The molecule has 0 aliphatic rings. The Balaban J connectivity index is 1.67. The zero-order chi connectivity index (χ0) is 26.4. The van der Waals surface area contributed by atoms with E-state index < -0.39 is 12.1 Å². The number of carboxylic acid groups (broad SMARTS) is 1. The van der Waals surface area contributed by atoms with E-state index in [1.807, 2.05) is 67.7 Å². The van der Waals surface area contributed by atoms with Crippen molar-refractivity contribution in [2.75, 3.05) is 14.2 Å². The van der Waals surface area contributed by atoms with Gasteiger partial charge in [0.1, 0.15) is 11.5 Å². The molecule has 0 saturated heterocycles. The van der Waals surface area contributed by atoms with Gasteiger partial charge in [-0.25, -0.2) is 0 Å². The Morgan fingerprint density at radius 3 is 2.27 bits per heavy atom. The fourth-order valence-electron chi connectivity index (χ4n) is 5.14. The number of para-hydroxylation sites is 1. The number of aryl methyl sites for hydroxylation is 1. The summed E-state index contributed by atoms with van der Waals surface area (Å²) in [4.78, 5) is 11.5. The molecule has 0 spiro atoms. The molecule has 0 bridgehead atoms. The molecule has 3 aromatic carbocycles. The number of carbonyl (C=O) groups is 1. The first kappa shape index (κ1) is 26.3. The van der Waals surface area contributed by atoms with E-state index in [4.69, 9.17) is 9.47 Å². The summed E-state index contributed by atoms with van der Waals surface area (Å²) in [6.07, 6.45) is 3.74. The predicted molar refractivity (Wildman–Crippen MR) is 145 cm³/mol. The molecule has 2 N–H and O–H groups in total. The number of hydrogen-bond donors (Lipinski definition) is 2. The van der Waals surface area contributed by atoms with Crippen molar-refractivity contribution in [3.8, 4) is 11.5 Å². The predicted octanol–water partition coefficient (Wildman–Crippen LogP) is 5.97. The van der Waals surface area contributed by atoms with E-state index in [-0.39, 0.29) is 12.3 Å². The molecule has 37 heavy (non-hydrogen) atoms. The average molecular weight is 502 g/mol. The number of benzene rings is 3. The molecule has 194 valence electrons. The first-order valence-corrected chi connectivity index (χ1v) is 12.6. The lowest BCUT2D eigenvalue weighted by molar-refractivity contribution is -0.136. The van der Waals surface area contributed by atoms with Gasteiger partial charge in [0.25, 0.3) is 0 Å². The number of fused-ring (bicyclic) bond motifs is 1. The molecule has 4 rings (SSSR count). The number of rotatable bonds is 12. The lowest BCUT2D eigenvalue weighted by Crippen LogP contribution is -2.19. The third-order valence-corrected chi connectivity index (χ3v) is 7.09. The molecule has 6 nitrogen and oxygen atoms in total. The summed E-state index contributed by atoms with van der Waals surface area (Å²) in [5, 5.41) is 22.0. The summed E-state index contributed by atoms with van der Waals surface area (Å²) in [7, 11) is 3.23. The molecule has 4 aromatic rings. The Kier molecular flexibility index (Phi) is 8.51. The summed E-state index contributed by atoms with van der Waals surface area (Å²) in [6, 6.07) is 22.0. The lowest BCUT2D eigenvalue weighted by atomic mass is 9.89. The highest BCUT2D eigenvalue weighted by Gasteiger charge is 2.25. The summed E-state index contributed by atoms with van der Waals surface area (Å²) >= 11 is 0. The Hall–Kier alpha value is -3.77. The summed E-state index contributed by atoms with van der Waals surface area (Å²) in [5.41, 5.74) is 4.64. The Labute approximate surface area is 218 Å². The first-order chi connectivity index (χ1) is 17.9. The van der Waals surface area contributed by atoms with Gasteiger partial charge in [0.05, 0.1) is 26.7 Å². The maximum absolute atomic E-state index is 11.7. The second kappa shape index (κ2) is 12.0. The molecule has 2 atom stereocenters. The SMILES string of the molecule is COc1cc([C@@H](O)[C@@H](CCCc2ccccc2)Cn2cc(CC(=O)O)c3ccccc32)cc(OC)c1C. The van der Waals surface area contributed by atoms with Crippen LogP contribution >= 0.6 is 0 Å². The van der Waals surface area contributed by atoms with E-state index in [0.29, 0.717) is 18.0 Å². The minimum atomic E-state index is -0.860. The highest BCUT2D eigenvalue weighted by molar-refractivity contribution is 5.87. The van der Waals surface area contributed by atoms with Crippen molar-refractivity contribution in [3.63, 3.8) is 0 Å². The van der Waals surface area contributed by atoms with Crippen molar-refractivity contribution in [1.82, 2.24) is 4.57 Å². The molecule has 6 heteroatoms. The number of aromatic nitrogens is 1. The van der Waals surface area contributed by atoms with Crippen LogP contribution in [0.1, 0.15) is 41.2 Å². The van der Waals surface area contributed by atoms with Crippen LogP contribution in [-0.4, -0.2) is 35.0 Å². The highest BCUT2D eigenvalue weighted by Crippen LogP contribution is 2.37. The van der Waals surface area contributed by atoms with Crippen LogP contribution in [-0.2, 0) is 24.2 Å². The van der Waals surface area contributed by atoms with Gasteiger partial charge < -0.3 is 24.3 Å². The number of aliphatic hydroxyl groups excluding tert-OH is 1. The molecule has 0 aliphatic carbocycles. The second-order valence-electron chi connectivity index (χ2n) is 9.53. The Morgan fingerprint density at radius 2 is 1.62 bits per heavy atom. The quantitative estimate of drug-likeness (QED) is 0.250. The van der Waals surface area contributed by atoms with Gasteiger partial charge in [-0.05, 0) is 61.1 Å². The molecule has 0 fully saturated rings. The van der Waals surface area contributed by atoms with Crippen molar-refractivity contribution in [2.24, 2.45) is 5.92 Å². The van der Waals surface area contributed by atoms with E-state index >= 15 is 0 Å². The van der Waals surface area contributed by atoms with Gasteiger partial charge in [0.2, 0.25) is 0 Å². The number of hydrogen-bond acceptors (Lipinski definition) is 4. The maximum Gasteiger partial charge on any atom is 0.307 e. The molecule has 1 aromatic heterocycles. The van der Waals surface area contributed by atoms with E-state index in [1.165, 1.54) is 5.56 Å². The van der Waals surface area contributed by atoms with Crippen molar-refractivity contribution < 1.29 is 24.5 Å². The van der Waals surface area contributed by atoms with Crippen LogP contribution in [0.5, 0.6) is 11.5 Å². The minimum absolute atomic E-state index is 0.0406. The van der Waals surface area contributed by atoms with Gasteiger partial charge in [0.15, 0.2) is 0 Å². The molecule has 0 aliphatic heterocycles. The molecular formula is C31H35NO5. The van der Waals surface area contributed by atoms with Crippen molar-refractivity contribution in [3.05, 3.63) is 95.2 Å². The van der Waals surface area contributed by atoms with E-state index in [9.17, 15) is 15.0 Å². The van der Waals surface area contributed by atoms with Gasteiger partial charge in [-0.15, -0.1) is 0 Å². The first-order valence-electron chi connectivity index (χ1n) is 12.6. The number of aliphatic carboxylic acids is 1. The number of nitrogens with zero attached hydrogens (tertiary/aromatic N) is 1. The molecular weight excluding hydrogens is 466 g/mol. The van der Waals surface area contributed by atoms with E-state index in [2.05, 4.69) is 16.7 Å². The fourth-order valence-corrected chi connectivity index (χ4v) is 5.14. The summed E-state index contributed by atoms with van der Waals surface area (Å²) in [5.74, 6) is 0.369. The number of aliphatic hydroxyl groups is 1. The molecule has 0 amide bonds. The van der Waals surface area contributed by atoms with Crippen molar-refractivity contribution in [1.29, 1.82) is 0 Å². The van der Waals surface area contributed by atoms with Crippen LogP contribution in [0.15, 0.2) is 72.9 Å². The van der Waals surface area contributed by atoms with Gasteiger partial charge >= 0.3 is 5.97 Å². The molecule has 0 saturated carbocycles. The van der Waals surface area contributed by atoms with Gasteiger partial charge in [-0.2, -0.15) is 0 Å². The van der Waals surface area contributed by atoms with E-state index in [0.717, 1.165) is 46.9 Å². The van der Waals surface area contributed by atoms with Crippen LogP contribution < -0.4 is 9.47 Å². The van der Waals surface area contributed by atoms with Gasteiger partial charge in [-0.3, -0.25) is 4.79 Å². The normalized spacial score (nSPS) is 12.9. The molecule has 0 radical (unpaired) electrons. The molecule has 0 unspecified atom stereocenters. The Morgan fingerprint density at radius 1 is 0.973 bits per heavy atom. The van der Waals surface area contributed by atoms with Crippen LogP contribution in [0.25, 0.3) is 10.9 Å². The Bertz CT molecular complexity index is 1320. The van der Waals surface area contributed by atoms with E-state index in [1.54, 1.807) is 14.2 Å². The highest BCUT2D eigenvalue weighted by atomic mass is 16.5. The number of methoxy groups -OCH3 is 2. The lowest BCUT2D eigenvalue weighted by Gasteiger charge is -2.26. The standard InChI is InChI=1S/C31H35NO5/c1-21-28(36-2)16-24(17-29(21)37-3)31(35)23(13-9-12-22-10-5-4-6-11-22)19-32-20-25(18-30(33)34)26-14-7-8-15-27(26)32/h4-8,10-11,14-17,20,23,31,35H,9,12-13,18-19H2,1-3H3,(H,33,34)/t23-,31-/m0/s1. The zero-order valence-electron chi connectivity index (χ0n) is 21.7. The van der Waals surface area contributed by atoms with Gasteiger partial charge in [-0.1, -0.05) is 48.5 Å². The van der Waals surface area contributed by atoms with Crippen LogP contribution in [0.3, 0.4) is 0 Å². The minimum Gasteiger partial charge on any atom is -0.496 e. The van der Waals surface area contributed by atoms with Crippen LogP contribution in [0.4, 0.5) is 0 Å². The average Bonchev–Trinajstić information content (AvgIpc) is 3.24. The number of carboxylic acids is 1. The monoisotopic (exact) mass is 501 g/mol. The third-order valence-electron chi connectivity index (χ3n) is 7.09. The summed E-state index contributed by atoms with van der Waals surface area (Å²) in [6.45, 7) is 2.48. The number of ether oxygens (including phenoxy) is 2. The third kappa shape index (κ3) is 6.15. The fraction of sp³-hybridized carbons (Fsp3) is 0.323. The van der Waals surface area contributed by atoms with Gasteiger partial charge in [0, 0.05) is 35.1 Å². The maximum atomic E-state index is 11.7. The van der Waals surface area contributed by atoms with Crippen LogP contribution in [0, 0.1) is 12.8 Å². The zero-order valence-corrected chi connectivity index (χ0v) is 21.7. The smallest absolute Gasteiger partial charge is 0.307 e.